The number of hydrogen-bond donors (Lipinski definition) is 3. The molecule has 1 saturated heterocycles. The molecule has 4 rings (SSSR count). The number of nitrogens with one attached hydrogen (secondary N) is 2. The highest BCUT2D eigenvalue weighted by Crippen LogP contribution is 2.36. The van der Waals surface area contributed by atoms with Gasteiger partial charge >= 0.3 is 0 Å². The molecule has 0 radical (unpaired) electrons. The van der Waals surface area contributed by atoms with Crippen LogP contribution in [0.1, 0.15) is 43.7 Å². The van der Waals surface area contributed by atoms with Crippen molar-refractivity contribution in [3.05, 3.63) is 51.2 Å². The zero-order valence-corrected chi connectivity index (χ0v) is 16.0. The van der Waals surface area contributed by atoms with Gasteiger partial charge in [0.25, 0.3) is 0 Å². The van der Waals surface area contributed by atoms with E-state index in [1.165, 1.54) is 54.6 Å². The lowest BCUT2D eigenvalue weighted by Gasteiger charge is -2.23. The van der Waals surface area contributed by atoms with Gasteiger partial charge < -0.3 is 15.7 Å². The Labute approximate surface area is 153 Å². The highest BCUT2D eigenvalue weighted by Gasteiger charge is 2.23. The summed E-state index contributed by atoms with van der Waals surface area (Å²) < 4.78 is 0.865. The molecular formula is C20H27BrN2O. The van der Waals surface area contributed by atoms with Gasteiger partial charge in [-0.15, -0.1) is 0 Å². The molecule has 0 saturated carbocycles. The number of fused-ring (bicyclic) bond motifs is 2. The molecule has 1 aromatic rings. The summed E-state index contributed by atoms with van der Waals surface area (Å²) in [5, 5.41) is 16.5. The van der Waals surface area contributed by atoms with Crippen LogP contribution in [0.5, 0.6) is 5.75 Å². The molecule has 0 amide bonds. The quantitative estimate of drug-likeness (QED) is 0.621. The minimum absolute atomic E-state index is 0.342. The van der Waals surface area contributed by atoms with E-state index in [4.69, 9.17) is 0 Å². The Balaban J connectivity index is 0.000000238. The number of rotatable bonds is 0. The van der Waals surface area contributed by atoms with Crippen LogP contribution in [0.3, 0.4) is 0 Å². The fourth-order valence-electron chi connectivity index (χ4n) is 3.61. The first-order chi connectivity index (χ1) is 11.6. The van der Waals surface area contributed by atoms with Gasteiger partial charge in [-0.2, -0.15) is 0 Å². The molecule has 0 spiro atoms. The number of phenolic OH excluding ortho intramolecular Hbond substituents is 1. The maximum atomic E-state index is 9.78. The van der Waals surface area contributed by atoms with Gasteiger partial charge in [0.05, 0.1) is 10.5 Å². The van der Waals surface area contributed by atoms with Crippen molar-refractivity contribution in [3.8, 4) is 5.75 Å². The smallest absolute Gasteiger partial charge is 0.130 e. The van der Waals surface area contributed by atoms with Crippen LogP contribution in [0.4, 0.5) is 0 Å². The van der Waals surface area contributed by atoms with Gasteiger partial charge in [0, 0.05) is 0 Å². The van der Waals surface area contributed by atoms with E-state index < -0.39 is 0 Å². The van der Waals surface area contributed by atoms with Crippen LogP contribution >= 0.6 is 15.9 Å². The topological polar surface area (TPSA) is 44.3 Å². The van der Waals surface area contributed by atoms with Crippen molar-refractivity contribution < 1.29 is 5.11 Å². The van der Waals surface area contributed by atoms with Crippen LogP contribution in [0, 0.1) is 0 Å². The van der Waals surface area contributed by atoms with E-state index in [2.05, 4.69) is 45.8 Å². The van der Waals surface area contributed by atoms with E-state index >= 15 is 0 Å². The van der Waals surface area contributed by atoms with E-state index in [-0.39, 0.29) is 0 Å². The van der Waals surface area contributed by atoms with Crippen LogP contribution in [0.15, 0.2) is 40.0 Å². The van der Waals surface area contributed by atoms with Crippen molar-refractivity contribution in [2.45, 2.75) is 51.5 Å². The summed E-state index contributed by atoms with van der Waals surface area (Å²) in [6.07, 6.45) is 11.6. The molecule has 4 heteroatoms. The van der Waals surface area contributed by atoms with Crippen molar-refractivity contribution in [3.63, 3.8) is 0 Å². The lowest BCUT2D eigenvalue weighted by Crippen LogP contribution is -2.30. The van der Waals surface area contributed by atoms with Gasteiger partial charge in [-0.25, -0.2) is 0 Å². The minimum atomic E-state index is 0.342. The largest absolute Gasteiger partial charge is 0.507 e. The standard InChI is InChI=1S/C15H16BrNO.C5H11N/c1-9-6-11-2-4-12-10(7-13(11)17-8-9)3-5-14(18)15(12)16;1-2-4-6-5-3-1/h3,5-6,8,13,17-18H,2,4,7H2,1H3;6H,1-5H2. The second-order valence-corrected chi connectivity index (χ2v) is 7.67. The summed E-state index contributed by atoms with van der Waals surface area (Å²) in [5.74, 6) is 0.342. The molecule has 2 heterocycles. The number of halogens is 1. The first-order valence-electron chi connectivity index (χ1n) is 8.98. The van der Waals surface area contributed by atoms with Gasteiger partial charge in [0.2, 0.25) is 0 Å². The predicted octanol–water partition coefficient (Wildman–Crippen LogP) is 4.21. The van der Waals surface area contributed by atoms with E-state index in [1.54, 1.807) is 6.07 Å². The molecule has 1 atom stereocenters. The van der Waals surface area contributed by atoms with Crippen LogP contribution in [0.25, 0.3) is 0 Å². The molecular weight excluding hydrogens is 364 g/mol. The van der Waals surface area contributed by atoms with E-state index in [9.17, 15) is 5.11 Å². The van der Waals surface area contributed by atoms with Crippen LogP contribution in [-0.2, 0) is 12.8 Å². The summed E-state index contributed by atoms with van der Waals surface area (Å²) in [7, 11) is 0. The highest BCUT2D eigenvalue weighted by molar-refractivity contribution is 9.10. The van der Waals surface area contributed by atoms with E-state index in [0.29, 0.717) is 11.8 Å². The molecule has 1 unspecified atom stereocenters. The molecule has 0 aromatic heterocycles. The normalized spacial score (nSPS) is 22.5. The predicted molar refractivity (Wildman–Crippen MR) is 103 cm³/mol. The van der Waals surface area contributed by atoms with Gasteiger partial charge in [-0.3, -0.25) is 0 Å². The monoisotopic (exact) mass is 390 g/mol. The van der Waals surface area contributed by atoms with Gasteiger partial charge in [0.1, 0.15) is 5.75 Å². The number of dihydropyridines is 1. The fourth-order valence-corrected chi connectivity index (χ4v) is 4.20. The van der Waals surface area contributed by atoms with Gasteiger partial charge in [-0.05, 0) is 103 Å². The molecule has 1 aliphatic carbocycles. The molecule has 3 nitrogen and oxygen atoms in total. The molecule has 24 heavy (non-hydrogen) atoms. The van der Waals surface area contributed by atoms with Crippen molar-refractivity contribution in [1.29, 1.82) is 0 Å². The van der Waals surface area contributed by atoms with Crippen LogP contribution in [0.2, 0.25) is 0 Å². The maximum absolute atomic E-state index is 9.78. The lowest BCUT2D eigenvalue weighted by molar-refractivity contribution is 0.470. The third-order valence-electron chi connectivity index (χ3n) is 4.99. The number of hydrogen-bond acceptors (Lipinski definition) is 3. The Morgan fingerprint density at radius 2 is 1.92 bits per heavy atom. The Bertz CT molecular complexity index is 636. The Hall–Kier alpha value is -1.26. The molecule has 3 aliphatic rings. The van der Waals surface area contributed by atoms with E-state index in [1.807, 2.05) is 6.07 Å². The van der Waals surface area contributed by atoms with Crippen molar-refractivity contribution in [1.82, 2.24) is 10.6 Å². The van der Waals surface area contributed by atoms with Crippen molar-refractivity contribution in [2.24, 2.45) is 0 Å². The second-order valence-electron chi connectivity index (χ2n) is 6.88. The summed E-state index contributed by atoms with van der Waals surface area (Å²) in [6, 6.07) is 4.23. The average molecular weight is 391 g/mol. The number of phenols is 1. The molecule has 2 aliphatic heterocycles. The second kappa shape index (κ2) is 8.21. The fraction of sp³-hybridized carbons (Fsp3) is 0.500. The number of benzene rings is 1. The molecule has 1 fully saturated rings. The summed E-state index contributed by atoms with van der Waals surface area (Å²) >= 11 is 3.51. The SMILES string of the molecule is C1CCNCC1.CC1=CNC2Cc3ccc(O)c(Br)c3CCC2=C1. The summed E-state index contributed by atoms with van der Waals surface area (Å²) in [5.41, 5.74) is 5.34. The lowest BCUT2D eigenvalue weighted by atomic mass is 9.96. The van der Waals surface area contributed by atoms with Crippen molar-refractivity contribution in [2.75, 3.05) is 13.1 Å². The first kappa shape index (κ1) is 17.6. The highest BCUT2D eigenvalue weighted by atomic mass is 79.9. The minimum Gasteiger partial charge on any atom is -0.507 e. The summed E-state index contributed by atoms with van der Waals surface area (Å²) in [6.45, 7) is 4.62. The van der Waals surface area contributed by atoms with Crippen molar-refractivity contribution >= 4 is 15.9 Å². The zero-order valence-electron chi connectivity index (χ0n) is 14.4. The Kier molecular flexibility index (Phi) is 6.01. The van der Waals surface area contributed by atoms with Gasteiger partial charge in [-0.1, -0.05) is 18.6 Å². The molecule has 0 bridgehead atoms. The van der Waals surface area contributed by atoms with E-state index in [0.717, 1.165) is 23.7 Å². The molecule has 1 aromatic carbocycles. The Morgan fingerprint density at radius 3 is 2.58 bits per heavy atom. The first-order valence-corrected chi connectivity index (χ1v) is 9.77. The Morgan fingerprint density at radius 1 is 1.12 bits per heavy atom. The zero-order chi connectivity index (χ0) is 16.9. The average Bonchev–Trinajstić information content (AvgIpc) is 2.80. The number of aromatic hydroxyl groups is 1. The van der Waals surface area contributed by atoms with Crippen LogP contribution in [-0.4, -0.2) is 24.2 Å². The molecule has 3 N–H and O–H groups in total. The van der Waals surface area contributed by atoms with Gasteiger partial charge in [0.15, 0.2) is 0 Å². The third-order valence-corrected chi connectivity index (χ3v) is 5.87. The number of piperidine rings is 1. The summed E-state index contributed by atoms with van der Waals surface area (Å²) in [4.78, 5) is 0. The molecule has 130 valence electrons. The third kappa shape index (κ3) is 4.22. The number of allylic oxidation sites excluding steroid dienone is 2. The van der Waals surface area contributed by atoms with Crippen LogP contribution < -0.4 is 10.6 Å². The maximum Gasteiger partial charge on any atom is 0.130 e.